The van der Waals surface area contributed by atoms with Crippen LogP contribution in [0.15, 0.2) is 12.1 Å². The van der Waals surface area contributed by atoms with E-state index in [4.69, 9.17) is 5.73 Å². The third-order valence-electron chi connectivity index (χ3n) is 1.96. The molecule has 1 heterocycles. The number of anilines is 1. The second-order valence-electron chi connectivity index (χ2n) is 2.76. The Morgan fingerprint density at radius 2 is 2.25 bits per heavy atom. The number of aromatic nitrogens is 2. The Morgan fingerprint density at radius 1 is 1.56 bits per heavy atom. The summed E-state index contributed by atoms with van der Waals surface area (Å²) in [6.07, 6.45) is 0. The average Bonchev–Trinajstić information content (AvgIpc) is 2.59. The van der Waals surface area contributed by atoms with Crippen molar-refractivity contribution in [2.75, 3.05) is 12.8 Å². The van der Waals surface area contributed by atoms with E-state index in [0.29, 0.717) is 22.3 Å². The average molecular weight is 294 g/mol. The van der Waals surface area contributed by atoms with Gasteiger partial charge in [0.1, 0.15) is 0 Å². The number of nitrogens with one attached hydrogen (secondary N) is 1. The number of aromatic amines is 1. The van der Waals surface area contributed by atoms with Crippen molar-refractivity contribution in [1.82, 2.24) is 10.2 Å². The van der Waals surface area contributed by atoms with Crippen LogP contribution in [0.3, 0.4) is 0 Å². The van der Waals surface area contributed by atoms with Gasteiger partial charge in [-0.25, -0.2) is 0 Å². The number of hydrogen-bond donors (Lipinski definition) is 2. The fraction of sp³-hybridized carbons (Fsp3) is 0.100. The number of H-pyrrole nitrogens is 1. The minimum atomic E-state index is -0.435. The summed E-state index contributed by atoms with van der Waals surface area (Å²) in [5, 5.41) is 7.15. The normalized spacial score (nSPS) is 9.06. The number of carbonyl (C=O) groups is 1. The molecule has 16 heavy (non-hydrogen) atoms. The largest absolute Gasteiger partial charge is 0.475 e. The van der Waals surface area contributed by atoms with Crippen molar-refractivity contribution in [2.24, 2.45) is 0 Å². The maximum absolute atomic E-state index is 11.3. The van der Waals surface area contributed by atoms with Gasteiger partial charge in [0.15, 0.2) is 0 Å². The summed E-state index contributed by atoms with van der Waals surface area (Å²) in [6, 6.07) is 6.01. The van der Waals surface area contributed by atoms with Crippen LogP contribution in [0, 0.1) is 13.5 Å². The van der Waals surface area contributed by atoms with E-state index in [2.05, 4.69) is 21.0 Å². The minimum absolute atomic E-state index is 0. The van der Waals surface area contributed by atoms with Crippen LogP contribution in [0.4, 0.5) is 5.82 Å². The van der Waals surface area contributed by atoms with Crippen LogP contribution in [-0.2, 0) is 37.4 Å². The number of carbonyl (C=O) groups excluding carboxylic acids is 1. The summed E-state index contributed by atoms with van der Waals surface area (Å²) in [5.41, 5.74) is 6.53. The smallest absolute Gasteiger partial charge is 0.282 e. The fourth-order valence-electron chi connectivity index (χ4n) is 1.27. The van der Waals surface area contributed by atoms with Gasteiger partial charge >= 0.3 is 0 Å². The zero-order valence-electron chi connectivity index (χ0n) is 9.07. The van der Waals surface area contributed by atoms with Crippen molar-refractivity contribution < 1.29 is 42.2 Å². The summed E-state index contributed by atoms with van der Waals surface area (Å²) in [6.45, 7) is 0. The Hall–Kier alpha value is -0.936. The third kappa shape index (κ3) is 2.41. The van der Waals surface area contributed by atoms with Crippen LogP contribution in [0.5, 0.6) is 0 Å². The van der Waals surface area contributed by atoms with Crippen LogP contribution >= 0.6 is 0 Å². The van der Waals surface area contributed by atoms with Gasteiger partial charge in [-0.3, -0.25) is 4.79 Å². The molecule has 0 saturated carbocycles. The minimum Gasteiger partial charge on any atom is -0.475 e. The molecule has 0 bridgehead atoms. The van der Waals surface area contributed by atoms with Gasteiger partial charge in [-0.2, -0.15) is 23.3 Å². The maximum atomic E-state index is 11.3. The molecule has 5 nitrogen and oxygen atoms in total. The van der Waals surface area contributed by atoms with Crippen LogP contribution in [-0.4, -0.2) is 23.3 Å². The summed E-state index contributed by atoms with van der Waals surface area (Å²) in [5.74, 6) is -0.0856. The summed E-state index contributed by atoms with van der Waals surface area (Å²) < 4.78 is 4.61. The molecule has 0 saturated heterocycles. The predicted molar refractivity (Wildman–Crippen MR) is 57.1 cm³/mol. The number of hydrogen-bond acceptors (Lipinski definition) is 4. The van der Waals surface area contributed by atoms with Gasteiger partial charge in [-0.05, 0) is 11.1 Å². The standard InChI is InChI=1S/C9H8N3O2.CH3.Y/c1-14-9(13)6-4-2-3-5-7(6)11-12-8(5)10;;/h3-4H,1H3,(H3,10,11,12);1H3;/q2*-1;. The van der Waals surface area contributed by atoms with Gasteiger partial charge < -0.3 is 23.0 Å². The first-order valence-corrected chi connectivity index (χ1v) is 3.96. The third-order valence-corrected chi connectivity index (χ3v) is 1.96. The van der Waals surface area contributed by atoms with Crippen LogP contribution in [0.25, 0.3) is 10.9 Å². The molecule has 0 unspecified atom stereocenters. The van der Waals surface area contributed by atoms with Crippen molar-refractivity contribution in [2.45, 2.75) is 0 Å². The number of nitrogens with zero attached hydrogens (tertiary/aromatic N) is 1. The van der Waals surface area contributed by atoms with Crippen molar-refractivity contribution in [3.05, 3.63) is 31.2 Å². The molecule has 3 N–H and O–H groups in total. The summed E-state index contributed by atoms with van der Waals surface area (Å²) in [7, 11) is 1.32. The van der Waals surface area contributed by atoms with Crippen molar-refractivity contribution in [3.8, 4) is 0 Å². The molecule has 6 heteroatoms. The van der Waals surface area contributed by atoms with E-state index in [9.17, 15) is 4.79 Å². The zero-order chi connectivity index (χ0) is 10.1. The molecule has 83 valence electrons. The molecule has 2 aromatic rings. The Bertz CT molecular complexity index is 496. The van der Waals surface area contributed by atoms with Crippen LogP contribution in [0.1, 0.15) is 10.4 Å². The monoisotopic (exact) mass is 294 g/mol. The number of benzene rings is 1. The van der Waals surface area contributed by atoms with E-state index < -0.39 is 5.97 Å². The topological polar surface area (TPSA) is 81.0 Å². The van der Waals surface area contributed by atoms with Gasteiger partial charge in [-0.15, -0.1) is 0 Å². The van der Waals surface area contributed by atoms with E-state index in [1.54, 1.807) is 6.07 Å². The van der Waals surface area contributed by atoms with Gasteiger partial charge in [-0.1, -0.05) is 5.39 Å². The first-order valence-electron chi connectivity index (χ1n) is 3.96. The van der Waals surface area contributed by atoms with Gasteiger partial charge in [0.2, 0.25) is 0 Å². The van der Waals surface area contributed by atoms with Crippen LogP contribution < -0.4 is 5.73 Å². The number of ether oxygens (including phenoxy) is 1. The van der Waals surface area contributed by atoms with Crippen molar-refractivity contribution in [3.63, 3.8) is 0 Å². The van der Waals surface area contributed by atoms with Gasteiger partial charge in [0.25, 0.3) is 5.97 Å². The van der Waals surface area contributed by atoms with Crippen molar-refractivity contribution in [1.29, 1.82) is 0 Å². The molecule has 1 aromatic carbocycles. The van der Waals surface area contributed by atoms with E-state index in [1.165, 1.54) is 13.2 Å². The molecule has 0 aliphatic carbocycles. The van der Waals surface area contributed by atoms with Gasteiger partial charge in [0.05, 0.1) is 12.9 Å². The second-order valence-corrected chi connectivity index (χ2v) is 2.76. The first kappa shape index (κ1) is 15.1. The van der Waals surface area contributed by atoms with Crippen LogP contribution in [0.2, 0.25) is 0 Å². The molecular formula is C10H11N3O2Y-2. The molecule has 0 spiro atoms. The predicted octanol–water partition coefficient (Wildman–Crippen LogP) is 1.18. The van der Waals surface area contributed by atoms with E-state index in [0.717, 1.165) is 0 Å². The van der Waals surface area contributed by atoms with Crippen molar-refractivity contribution >= 4 is 22.7 Å². The molecule has 0 aliphatic heterocycles. The first-order chi connectivity index (χ1) is 6.74. The molecular weight excluding hydrogens is 283 g/mol. The number of fused-ring (bicyclic) bond motifs is 1. The second kappa shape index (κ2) is 5.96. The SMILES string of the molecule is COC(=O)c1c[c-]cc2c(N)n[nH]c12.[CH3-].[Y]. The Morgan fingerprint density at radius 3 is 2.88 bits per heavy atom. The number of rotatable bonds is 1. The molecule has 2 rings (SSSR count). The van der Waals surface area contributed by atoms with E-state index in [1.807, 2.05) is 0 Å². The number of methoxy groups -OCH3 is 1. The molecule has 0 aliphatic rings. The molecule has 1 aromatic heterocycles. The summed E-state index contributed by atoms with van der Waals surface area (Å²) >= 11 is 0. The van der Waals surface area contributed by atoms with E-state index in [-0.39, 0.29) is 40.1 Å². The van der Waals surface area contributed by atoms with E-state index >= 15 is 0 Å². The molecule has 1 radical (unpaired) electrons. The molecule has 0 fully saturated rings. The Balaban J connectivity index is 0.00000112. The Kier molecular flexibility index (Phi) is 5.61. The summed E-state index contributed by atoms with van der Waals surface area (Å²) in [4.78, 5) is 11.3. The number of nitrogens with two attached hydrogens (primary N) is 1. The number of esters is 1. The fourth-order valence-corrected chi connectivity index (χ4v) is 1.27. The Labute approximate surface area is 119 Å². The van der Waals surface area contributed by atoms with Gasteiger partial charge in [0, 0.05) is 32.7 Å². The zero-order valence-corrected chi connectivity index (χ0v) is 11.9. The molecule has 0 amide bonds. The maximum Gasteiger partial charge on any atom is 0.282 e. The number of nitrogen functional groups attached to an aromatic ring is 1. The molecule has 0 atom stereocenters. The quantitative estimate of drug-likeness (QED) is 0.611.